The maximum Gasteiger partial charge on any atom is 0.0146 e. The molecular formula is C19H22. The average molecular weight is 250 g/mol. The molecule has 0 aliphatic heterocycles. The molecular weight excluding hydrogens is 228 g/mol. The third kappa shape index (κ3) is 2.45. The summed E-state index contributed by atoms with van der Waals surface area (Å²) in [4.78, 5) is 0. The Morgan fingerprint density at radius 3 is 1.74 bits per heavy atom. The lowest BCUT2D eigenvalue weighted by Gasteiger charge is -2.26. The molecule has 0 nitrogen and oxygen atoms in total. The Bertz CT molecular complexity index is 554. The normalized spacial score (nSPS) is 15.5. The number of aryl methyl sites for hydroxylation is 1. The Hall–Kier alpha value is -1.56. The minimum absolute atomic E-state index is 0.0791. The Labute approximate surface area is 116 Å². The summed E-state index contributed by atoms with van der Waals surface area (Å²) in [6.07, 6.45) is 2.75. The molecule has 0 bridgehead atoms. The van der Waals surface area contributed by atoms with Gasteiger partial charge < -0.3 is 0 Å². The maximum atomic E-state index is 2.32. The van der Waals surface area contributed by atoms with E-state index in [9.17, 15) is 0 Å². The van der Waals surface area contributed by atoms with Gasteiger partial charge in [0.05, 0.1) is 0 Å². The van der Waals surface area contributed by atoms with Gasteiger partial charge >= 0.3 is 0 Å². The average Bonchev–Trinajstić information content (AvgIpc) is 3.24. The zero-order chi connectivity index (χ0) is 13.5. The van der Waals surface area contributed by atoms with Crippen LogP contribution >= 0.6 is 0 Å². The Morgan fingerprint density at radius 1 is 0.789 bits per heavy atom. The molecule has 1 aliphatic rings. The fraction of sp³-hybridized carbons (Fsp3) is 0.368. The van der Waals surface area contributed by atoms with Crippen LogP contribution in [0, 0.1) is 6.92 Å². The zero-order valence-electron chi connectivity index (χ0n) is 12.1. The first kappa shape index (κ1) is 12.5. The lowest BCUT2D eigenvalue weighted by molar-refractivity contribution is 0.640. The second-order valence-corrected chi connectivity index (χ2v) is 6.39. The van der Waals surface area contributed by atoms with Crippen molar-refractivity contribution < 1.29 is 0 Å². The van der Waals surface area contributed by atoms with Gasteiger partial charge in [0.1, 0.15) is 0 Å². The van der Waals surface area contributed by atoms with Crippen molar-refractivity contribution in [1.29, 1.82) is 0 Å². The van der Waals surface area contributed by atoms with E-state index in [1.807, 2.05) is 0 Å². The molecule has 0 amide bonds. The van der Waals surface area contributed by atoms with Crippen LogP contribution in [-0.2, 0) is 5.41 Å². The van der Waals surface area contributed by atoms with Gasteiger partial charge in [0.25, 0.3) is 0 Å². The third-order valence-electron chi connectivity index (χ3n) is 4.45. The molecule has 3 rings (SSSR count). The quantitative estimate of drug-likeness (QED) is 0.702. The Balaban J connectivity index is 1.91. The van der Waals surface area contributed by atoms with Crippen molar-refractivity contribution in [3.05, 3.63) is 70.8 Å². The largest absolute Gasteiger partial charge is 0.0590 e. The number of benzene rings is 2. The fourth-order valence-corrected chi connectivity index (χ4v) is 2.73. The molecule has 0 heteroatoms. The van der Waals surface area contributed by atoms with Crippen LogP contribution in [0.5, 0.6) is 0 Å². The van der Waals surface area contributed by atoms with E-state index in [1.54, 1.807) is 0 Å². The lowest BCUT2D eigenvalue weighted by Crippen LogP contribution is -2.18. The van der Waals surface area contributed by atoms with Gasteiger partial charge in [0.2, 0.25) is 0 Å². The molecule has 19 heavy (non-hydrogen) atoms. The topological polar surface area (TPSA) is 0 Å². The number of hydrogen-bond donors (Lipinski definition) is 0. The van der Waals surface area contributed by atoms with Crippen LogP contribution in [0.3, 0.4) is 0 Å². The minimum Gasteiger partial charge on any atom is -0.0590 e. The van der Waals surface area contributed by atoms with E-state index < -0.39 is 0 Å². The van der Waals surface area contributed by atoms with Gasteiger partial charge in [-0.1, -0.05) is 67.9 Å². The molecule has 1 saturated carbocycles. The molecule has 2 aromatic rings. The monoisotopic (exact) mass is 250 g/mol. The summed E-state index contributed by atoms with van der Waals surface area (Å²) in [7, 11) is 0. The highest BCUT2D eigenvalue weighted by atomic mass is 14.3. The predicted molar refractivity (Wildman–Crippen MR) is 81.7 cm³/mol. The summed E-state index contributed by atoms with van der Waals surface area (Å²) >= 11 is 0. The first-order valence-corrected chi connectivity index (χ1v) is 7.25. The molecule has 0 aromatic heterocycles. The molecule has 0 N–H and O–H groups in total. The van der Waals surface area contributed by atoms with Crippen LogP contribution < -0.4 is 0 Å². The van der Waals surface area contributed by atoms with Gasteiger partial charge in [-0.2, -0.15) is 0 Å². The molecule has 1 fully saturated rings. The van der Waals surface area contributed by atoms with Crippen LogP contribution in [0.4, 0.5) is 0 Å². The van der Waals surface area contributed by atoms with Crippen LogP contribution in [0.15, 0.2) is 48.5 Å². The van der Waals surface area contributed by atoms with Crippen molar-refractivity contribution in [3.63, 3.8) is 0 Å². The zero-order valence-corrected chi connectivity index (χ0v) is 12.1. The molecule has 0 heterocycles. The standard InChI is InChI=1S/C19H22/c1-14-4-10-17(11-5-14)19(2,3)18-12-8-16(9-13-18)15-6-7-15/h4-5,8-13,15H,6-7H2,1-3H3. The number of rotatable bonds is 3. The molecule has 0 radical (unpaired) electrons. The van der Waals surface area contributed by atoms with Crippen molar-refractivity contribution in [3.8, 4) is 0 Å². The molecule has 0 spiro atoms. The summed E-state index contributed by atoms with van der Waals surface area (Å²) in [6.45, 7) is 6.76. The van der Waals surface area contributed by atoms with E-state index in [-0.39, 0.29) is 5.41 Å². The predicted octanol–water partition coefficient (Wildman–Crippen LogP) is 5.20. The molecule has 1 aliphatic carbocycles. The van der Waals surface area contributed by atoms with Crippen molar-refractivity contribution in [2.45, 2.75) is 44.9 Å². The van der Waals surface area contributed by atoms with Crippen molar-refractivity contribution >= 4 is 0 Å². The van der Waals surface area contributed by atoms with Crippen molar-refractivity contribution in [2.75, 3.05) is 0 Å². The molecule has 0 unspecified atom stereocenters. The highest BCUT2D eigenvalue weighted by Gasteiger charge is 2.26. The van der Waals surface area contributed by atoms with Crippen LogP contribution in [-0.4, -0.2) is 0 Å². The van der Waals surface area contributed by atoms with Crippen LogP contribution in [0.1, 0.15) is 54.9 Å². The van der Waals surface area contributed by atoms with Gasteiger partial charge in [-0.15, -0.1) is 0 Å². The third-order valence-corrected chi connectivity index (χ3v) is 4.45. The Kier molecular flexibility index (Phi) is 2.97. The summed E-state index contributed by atoms with van der Waals surface area (Å²) < 4.78 is 0. The Morgan fingerprint density at radius 2 is 1.26 bits per heavy atom. The number of hydrogen-bond acceptors (Lipinski definition) is 0. The summed E-state index contributed by atoms with van der Waals surface area (Å²) in [5.41, 5.74) is 5.71. The highest BCUT2D eigenvalue weighted by Crippen LogP contribution is 2.41. The van der Waals surface area contributed by atoms with Crippen molar-refractivity contribution in [2.24, 2.45) is 0 Å². The van der Waals surface area contributed by atoms with Gasteiger partial charge in [0.15, 0.2) is 0 Å². The smallest absolute Gasteiger partial charge is 0.0146 e. The second kappa shape index (κ2) is 4.52. The van der Waals surface area contributed by atoms with Gasteiger partial charge in [0, 0.05) is 5.41 Å². The van der Waals surface area contributed by atoms with Crippen LogP contribution in [0.2, 0.25) is 0 Å². The van der Waals surface area contributed by atoms with E-state index in [4.69, 9.17) is 0 Å². The van der Waals surface area contributed by atoms with E-state index in [0.29, 0.717) is 0 Å². The molecule has 0 saturated heterocycles. The van der Waals surface area contributed by atoms with Crippen molar-refractivity contribution in [1.82, 2.24) is 0 Å². The van der Waals surface area contributed by atoms with E-state index in [1.165, 1.54) is 35.1 Å². The first-order valence-electron chi connectivity index (χ1n) is 7.25. The van der Waals surface area contributed by atoms with Gasteiger partial charge in [-0.25, -0.2) is 0 Å². The highest BCUT2D eigenvalue weighted by molar-refractivity contribution is 5.40. The van der Waals surface area contributed by atoms with E-state index in [2.05, 4.69) is 69.3 Å². The molecule has 2 aromatic carbocycles. The summed E-state index contributed by atoms with van der Waals surface area (Å²) in [5, 5.41) is 0. The van der Waals surface area contributed by atoms with Crippen LogP contribution in [0.25, 0.3) is 0 Å². The van der Waals surface area contributed by atoms with E-state index in [0.717, 1.165) is 5.92 Å². The second-order valence-electron chi connectivity index (χ2n) is 6.39. The first-order chi connectivity index (χ1) is 9.07. The molecule has 98 valence electrons. The SMILES string of the molecule is Cc1ccc(C(C)(C)c2ccc(C3CC3)cc2)cc1. The van der Waals surface area contributed by atoms with E-state index >= 15 is 0 Å². The molecule has 0 atom stereocenters. The van der Waals surface area contributed by atoms with Gasteiger partial charge in [-0.3, -0.25) is 0 Å². The van der Waals surface area contributed by atoms with Gasteiger partial charge in [-0.05, 0) is 42.4 Å². The lowest BCUT2D eigenvalue weighted by atomic mass is 9.77. The maximum absolute atomic E-state index is 2.32. The summed E-state index contributed by atoms with van der Waals surface area (Å²) in [6, 6.07) is 18.2. The minimum atomic E-state index is 0.0791. The summed E-state index contributed by atoms with van der Waals surface area (Å²) in [5.74, 6) is 0.844. The fourth-order valence-electron chi connectivity index (χ4n) is 2.73.